The molecule has 24 heavy (non-hydrogen) atoms. The normalized spacial score (nSPS) is 10.9. The Balaban J connectivity index is 1.77. The zero-order chi connectivity index (χ0) is 16.4. The summed E-state index contributed by atoms with van der Waals surface area (Å²) in [6.45, 7) is 0.648. The molecule has 0 aliphatic heterocycles. The second-order valence-electron chi connectivity index (χ2n) is 5.25. The molecular weight excluding hydrogens is 340 g/mol. The van der Waals surface area contributed by atoms with Crippen molar-refractivity contribution in [1.29, 1.82) is 0 Å². The van der Waals surface area contributed by atoms with E-state index in [9.17, 15) is 0 Å². The Morgan fingerprint density at radius 3 is 2.58 bits per heavy atom. The van der Waals surface area contributed by atoms with E-state index in [-0.39, 0.29) is 5.28 Å². The van der Waals surface area contributed by atoms with Gasteiger partial charge >= 0.3 is 0 Å². The highest BCUT2D eigenvalue weighted by atomic mass is 35.5. The molecule has 0 fully saturated rings. The topological polar surface area (TPSA) is 50.7 Å². The van der Waals surface area contributed by atoms with Crippen molar-refractivity contribution in [3.63, 3.8) is 0 Å². The first kappa shape index (κ1) is 15.1. The number of pyridine rings is 1. The number of fused-ring (bicyclic) bond motifs is 1. The first-order valence-corrected chi connectivity index (χ1v) is 8.70. The van der Waals surface area contributed by atoms with Gasteiger partial charge in [0.15, 0.2) is 0 Å². The Bertz CT molecular complexity index is 970. The van der Waals surface area contributed by atoms with Crippen LogP contribution in [-0.4, -0.2) is 15.0 Å². The second kappa shape index (κ2) is 6.55. The fraction of sp³-hybridized carbons (Fsp3) is 0.0556. The van der Waals surface area contributed by atoms with E-state index in [0.717, 1.165) is 32.7 Å². The molecule has 0 amide bonds. The van der Waals surface area contributed by atoms with Crippen LogP contribution >= 0.6 is 22.9 Å². The van der Waals surface area contributed by atoms with Crippen LogP contribution in [0, 0.1) is 0 Å². The van der Waals surface area contributed by atoms with Gasteiger partial charge in [0.25, 0.3) is 0 Å². The lowest BCUT2D eigenvalue weighted by Crippen LogP contribution is -2.03. The summed E-state index contributed by atoms with van der Waals surface area (Å²) in [6.07, 6.45) is 3.55. The zero-order valence-electron chi connectivity index (χ0n) is 12.6. The summed E-state index contributed by atoms with van der Waals surface area (Å²) in [5.41, 5.74) is 3.38. The van der Waals surface area contributed by atoms with Crippen molar-refractivity contribution in [1.82, 2.24) is 15.0 Å². The Hall–Kier alpha value is -2.50. The van der Waals surface area contributed by atoms with Gasteiger partial charge in [-0.1, -0.05) is 30.3 Å². The average Bonchev–Trinajstić information content (AvgIpc) is 3.05. The highest BCUT2D eigenvalue weighted by Gasteiger charge is 2.14. The largest absolute Gasteiger partial charge is 0.365 e. The summed E-state index contributed by atoms with van der Waals surface area (Å²) in [6, 6.07) is 14.2. The Labute approximate surface area is 148 Å². The predicted octanol–water partition coefficient (Wildman–Crippen LogP) is 5.02. The van der Waals surface area contributed by atoms with Crippen LogP contribution in [0.3, 0.4) is 0 Å². The van der Waals surface area contributed by atoms with Gasteiger partial charge in [-0.3, -0.25) is 4.98 Å². The third-order valence-corrected chi connectivity index (χ3v) is 4.74. The van der Waals surface area contributed by atoms with Crippen LogP contribution in [0.15, 0.2) is 60.2 Å². The van der Waals surface area contributed by atoms with Crippen LogP contribution in [0.5, 0.6) is 0 Å². The van der Waals surface area contributed by atoms with E-state index in [2.05, 4.69) is 37.8 Å². The van der Waals surface area contributed by atoms with Crippen LogP contribution < -0.4 is 5.32 Å². The second-order valence-corrected chi connectivity index (χ2v) is 6.44. The molecule has 4 rings (SSSR count). The van der Waals surface area contributed by atoms with Crippen molar-refractivity contribution < 1.29 is 0 Å². The molecule has 0 radical (unpaired) electrons. The number of thiophene rings is 1. The minimum absolute atomic E-state index is 0.251. The van der Waals surface area contributed by atoms with Crippen molar-refractivity contribution >= 4 is 39.0 Å². The molecule has 6 heteroatoms. The maximum Gasteiger partial charge on any atom is 0.225 e. The Kier molecular flexibility index (Phi) is 4.11. The summed E-state index contributed by atoms with van der Waals surface area (Å²) in [4.78, 5) is 13.7. The number of hydrogen-bond donors (Lipinski definition) is 1. The molecule has 4 nitrogen and oxygen atoms in total. The van der Waals surface area contributed by atoms with Gasteiger partial charge in [0, 0.05) is 29.9 Å². The Morgan fingerprint density at radius 2 is 1.79 bits per heavy atom. The third kappa shape index (κ3) is 2.96. The van der Waals surface area contributed by atoms with Gasteiger partial charge in [-0.15, -0.1) is 11.3 Å². The zero-order valence-corrected chi connectivity index (χ0v) is 14.2. The number of halogens is 1. The van der Waals surface area contributed by atoms with Crippen molar-refractivity contribution in [3.05, 3.63) is 71.1 Å². The van der Waals surface area contributed by atoms with Gasteiger partial charge in [0.1, 0.15) is 10.6 Å². The lowest BCUT2D eigenvalue weighted by Gasteiger charge is -2.09. The monoisotopic (exact) mass is 352 g/mol. The minimum Gasteiger partial charge on any atom is -0.365 e. The predicted molar refractivity (Wildman–Crippen MR) is 99.4 cm³/mol. The van der Waals surface area contributed by atoms with Crippen LogP contribution in [0.1, 0.15) is 5.56 Å². The molecule has 0 spiro atoms. The minimum atomic E-state index is 0.251. The van der Waals surface area contributed by atoms with Crippen molar-refractivity contribution in [2.45, 2.75) is 6.54 Å². The van der Waals surface area contributed by atoms with E-state index in [1.54, 1.807) is 23.7 Å². The standard InChI is InChI=1S/C18H13ClN4S/c19-18-22-16(21-10-12-6-8-20-9-7-12)15-14(11-24-17(15)23-18)13-4-2-1-3-5-13/h1-9,11H,10H2,(H,21,22,23). The van der Waals surface area contributed by atoms with Crippen LogP contribution in [-0.2, 0) is 6.54 Å². The molecule has 0 unspecified atom stereocenters. The summed E-state index contributed by atoms with van der Waals surface area (Å²) in [5, 5.41) is 6.74. The van der Waals surface area contributed by atoms with E-state index < -0.39 is 0 Å². The van der Waals surface area contributed by atoms with Gasteiger partial charge in [-0.05, 0) is 34.9 Å². The average molecular weight is 353 g/mol. The maximum absolute atomic E-state index is 6.10. The molecule has 0 atom stereocenters. The number of hydrogen-bond acceptors (Lipinski definition) is 5. The lowest BCUT2D eigenvalue weighted by molar-refractivity contribution is 1.09. The molecule has 0 aliphatic rings. The smallest absolute Gasteiger partial charge is 0.225 e. The number of aromatic nitrogens is 3. The van der Waals surface area contributed by atoms with E-state index in [1.807, 2.05) is 30.3 Å². The molecule has 0 bridgehead atoms. The number of nitrogens with one attached hydrogen (secondary N) is 1. The third-order valence-electron chi connectivity index (χ3n) is 3.70. The summed E-state index contributed by atoms with van der Waals surface area (Å²) in [5.74, 6) is 0.752. The van der Waals surface area contributed by atoms with E-state index in [0.29, 0.717) is 6.54 Å². The summed E-state index contributed by atoms with van der Waals surface area (Å²) >= 11 is 7.67. The quantitative estimate of drug-likeness (QED) is 0.524. The van der Waals surface area contributed by atoms with Gasteiger partial charge in [0.2, 0.25) is 5.28 Å². The van der Waals surface area contributed by atoms with Gasteiger partial charge < -0.3 is 5.32 Å². The van der Waals surface area contributed by atoms with Crippen molar-refractivity contribution in [2.75, 3.05) is 5.32 Å². The summed E-state index contributed by atoms with van der Waals surface area (Å²) in [7, 11) is 0. The highest BCUT2D eigenvalue weighted by molar-refractivity contribution is 7.17. The van der Waals surface area contributed by atoms with E-state index >= 15 is 0 Å². The number of rotatable bonds is 4. The SMILES string of the molecule is Clc1nc(NCc2ccncc2)c2c(-c3ccccc3)csc2n1. The fourth-order valence-electron chi connectivity index (χ4n) is 2.56. The van der Waals surface area contributed by atoms with Crippen LogP contribution in [0.4, 0.5) is 5.82 Å². The van der Waals surface area contributed by atoms with E-state index in [4.69, 9.17) is 11.6 Å². The molecule has 0 aliphatic carbocycles. The van der Waals surface area contributed by atoms with Crippen molar-refractivity contribution in [2.24, 2.45) is 0 Å². The molecule has 4 aromatic rings. The molecule has 0 saturated carbocycles. The number of nitrogens with zero attached hydrogens (tertiary/aromatic N) is 3. The molecular formula is C18H13ClN4S. The molecule has 0 saturated heterocycles. The first-order valence-electron chi connectivity index (χ1n) is 7.44. The first-order chi connectivity index (χ1) is 11.8. The lowest BCUT2D eigenvalue weighted by atomic mass is 10.1. The fourth-order valence-corrected chi connectivity index (χ4v) is 3.73. The van der Waals surface area contributed by atoms with Crippen LogP contribution in [0.2, 0.25) is 5.28 Å². The molecule has 1 N–H and O–H groups in total. The molecule has 3 heterocycles. The summed E-state index contributed by atoms with van der Waals surface area (Å²) < 4.78 is 0. The van der Waals surface area contributed by atoms with Crippen molar-refractivity contribution in [3.8, 4) is 11.1 Å². The van der Waals surface area contributed by atoms with E-state index in [1.165, 1.54) is 0 Å². The number of anilines is 1. The maximum atomic E-state index is 6.10. The molecule has 3 aromatic heterocycles. The Morgan fingerprint density at radius 1 is 1.00 bits per heavy atom. The molecule has 1 aromatic carbocycles. The highest BCUT2D eigenvalue weighted by Crippen LogP contribution is 2.37. The van der Waals surface area contributed by atoms with Crippen LogP contribution in [0.25, 0.3) is 21.3 Å². The van der Waals surface area contributed by atoms with Gasteiger partial charge in [-0.2, -0.15) is 0 Å². The number of benzene rings is 1. The van der Waals surface area contributed by atoms with Gasteiger partial charge in [0.05, 0.1) is 5.39 Å². The molecule has 118 valence electrons. The van der Waals surface area contributed by atoms with Gasteiger partial charge in [-0.25, -0.2) is 9.97 Å².